The molecule has 0 heterocycles. The lowest BCUT2D eigenvalue weighted by molar-refractivity contribution is 0.333. The second-order valence-electron chi connectivity index (χ2n) is 3.15. The first-order valence-corrected chi connectivity index (χ1v) is 4.97. The van der Waals surface area contributed by atoms with E-state index < -0.39 is 0 Å². The molecule has 0 fully saturated rings. The molecule has 4 N–H and O–H groups in total. The average molecular weight is 194 g/mol. The fourth-order valence-electron chi connectivity index (χ4n) is 1.41. The van der Waals surface area contributed by atoms with Crippen LogP contribution in [0.1, 0.15) is 24.9 Å². The first-order valence-electron chi connectivity index (χ1n) is 4.97. The van der Waals surface area contributed by atoms with E-state index in [2.05, 4.69) is 0 Å². The molecule has 0 aromatic heterocycles. The topological polar surface area (TPSA) is 61.3 Å². The standard InChI is InChI=1S/C11H18N2O/c1-2-14-11-6-4-3-5-9(11)10(13)7-8-12/h3-6,10H,2,7-8,12-13H2,1H3. The molecule has 3 heteroatoms. The number of para-hydroxylation sites is 1. The Kier molecular flexibility index (Phi) is 4.43. The van der Waals surface area contributed by atoms with Crippen LogP contribution in [0.5, 0.6) is 5.75 Å². The van der Waals surface area contributed by atoms with Gasteiger partial charge in [0, 0.05) is 11.6 Å². The predicted molar refractivity (Wildman–Crippen MR) is 58.2 cm³/mol. The summed E-state index contributed by atoms with van der Waals surface area (Å²) in [5.74, 6) is 0.871. The summed E-state index contributed by atoms with van der Waals surface area (Å²) in [4.78, 5) is 0. The number of ether oxygens (including phenoxy) is 1. The van der Waals surface area contributed by atoms with Crippen LogP contribution in [0.2, 0.25) is 0 Å². The van der Waals surface area contributed by atoms with Crippen LogP contribution in [0.3, 0.4) is 0 Å². The maximum Gasteiger partial charge on any atom is 0.124 e. The van der Waals surface area contributed by atoms with Crippen LogP contribution in [0.25, 0.3) is 0 Å². The molecule has 0 spiro atoms. The Balaban J connectivity index is 2.82. The van der Waals surface area contributed by atoms with Crippen LogP contribution in [0, 0.1) is 0 Å². The highest BCUT2D eigenvalue weighted by atomic mass is 16.5. The number of hydrogen-bond acceptors (Lipinski definition) is 3. The van der Waals surface area contributed by atoms with Crippen LogP contribution in [-0.4, -0.2) is 13.2 Å². The molecule has 1 unspecified atom stereocenters. The smallest absolute Gasteiger partial charge is 0.124 e. The number of nitrogens with two attached hydrogens (primary N) is 2. The fraction of sp³-hybridized carbons (Fsp3) is 0.455. The first kappa shape index (κ1) is 11.0. The maximum atomic E-state index is 5.98. The van der Waals surface area contributed by atoms with Gasteiger partial charge in [0.15, 0.2) is 0 Å². The van der Waals surface area contributed by atoms with Crippen molar-refractivity contribution in [3.63, 3.8) is 0 Å². The molecule has 3 nitrogen and oxygen atoms in total. The minimum absolute atomic E-state index is 0.0252. The Morgan fingerprint density at radius 2 is 2.07 bits per heavy atom. The van der Waals surface area contributed by atoms with Gasteiger partial charge in [-0.1, -0.05) is 18.2 Å². The molecule has 0 saturated carbocycles. The zero-order chi connectivity index (χ0) is 10.4. The van der Waals surface area contributed by atoms with Gasteiger partial charge in [-0.25, -0.2) is 0 Å². The zero-order valence-corrected chi connectivity index (χ0v) is 8.57. The summed E-state index contributed by atoms with van der Waals surface area (Å²) in [5, 5.41) is 0. The van der Waals surface area contributed by atoms with E-state index in [1.807, 2.05) is 31.2 Å². The first-order chi connectivity index (χ1) is 6.79. The van der Waals surface area contributed by atoms with Crippen molar-refractivity contribution in [1.29, 1.82) is 0 Å². The summed E-state index contributed by atoms with van der Waals surface area (Å²) in [5.41, 5.74) is 12.5. The van der Waals surface area contributed by atoms with Crippen molar-refractivity contribution in [3.05, 3.63) is 29.8 Å². The molecule has 1 aromatic carbocycles. The second-order valence-corrected chi connectivity index (χ2v) is 3.15. The highest BCUT2D eigenvalue weighted by molar-refractivity contribution is 5.35. The Bertz CT molecular complexity index is 276. The fourth-order valence-corrected chi connectivity index (χ4v) is 1.41. The third kappa shape index (κ3) is 2.72. The summed E-state index contributed by atoms with van der Waals surface area (Å²) in [6.45, 7) is 3.22. The third-order valence-corrected chi connectivity index (χ3v) is 2.10. The summed E-state index contributed by atoms with van der Waals surface area (Å²) >= 11 is 0. The highest BCUT2D eigenvalue weighted by Gasteiger charge is 2.09. The van der Waals surface area contributed by atoms with Gasteiger partial charge in [-0.2, -0.15) is 0 Å². The van der Waals surface area contributed by atoms with E-state index in [9.17, 15) is 0 Å². The van der Waals surface area contributed by atoms with Crippen LogP contribution >= 0.6 is 0 Å². The monoisotopic (exact) mass is 194 g/mol. The number of rotatable bonds is 5. The van der Waals surface area contributed by atoms with Crippen molar-refractivity contribution < 1.29 is 4.74 Å². The van der Waals surface area contributed by atoms with Gasteiger partial charge < -0.3 is 16.2 Å². The molecule has 14 heavy (non-hydrogen) atoms. The van der Waals surface area contributed by atoms with Gasteiger partial charge in [0.05, 0.1) is 6.61 Å². The average Bonchev–Trinajstić information content (AvgIpc) is 2.19. The molecule has 0 amide bonds. The van der Waals surface area contributed by atoms with E-state index >= 15 is 0 Å². The molecule has 1 aromatic rings. The van der Waals surface area contributed by atoms with Crippen LogP contribution < -0.4 is 16.2 Å². The van der Waals surface area contributed by atoms with Gasteiger partial charge in [0.2, 0.25) is 0 Å². The SMILES string of the molecule is CCOc1ccccc1C(N)CCN. The number of benzene rings is 1. The van der Waals surface area contributed by atoms with Crippen molar-refractivity contribution in [2.75, 3.05) is 13.2 Å². The Morgan fingerprint density at radius 1 is 1.36 bits per heavy atom. The number of hydrogen-bond donors (Lipinski definition) is 2. The summed E-state index contributed by atoms with van der Waals surface area (Å²) in [6.07, 6.45) is 0.782. The van der Waals surface area contributed by atoms with E-state index in [-0.39, 0.29) is 6.04 Å². The largest absolute Gasteiger partial charge is 0.494 e. The van der Waals surface area contributed by atoms with E-state index in [4.69, 9.17) is 16.2 Å². The van der Waals surface area contributed by atoms with Gasteiger partial charge in [0.25, 0.3) is 0 Å². The molecular weight excluding hydrogens is 176 g/mol. The molecule has 1 atom stereocenters. The Labute approximate surface area is 85.0 Å². The molecule has 0 aliphatic rings. The van der Waals surface area contributed by atoms with Crippen LogP contribution in [-0.2, 0) is 0 Å². The van der Waals surface area contributed by atoms with Crippen molar-refractivity contribution in [1.82, 2.24) is 0 Å². The zero-order valence-electron chi connectivity index (χ0n) is 8.57. The summed E-state index contributed by atoms with van der Waals surface area (Å²) in [7, 11) is 0. The lowest BCUT2D eigenvalue weighted by Crippen LogP contribution is -2.16. The molecular formula is C11H18N2O. The molecule has 1 rings (SSSR count). The lowest BCUT2D eigenvalue weighted by atomic mass is 10.0. The summed E-state index contributed by atoms with van der Waals surface area (Å²) in [6, 6.07) is 7.82. The molecule has 0 radical (unpaired) electrons. The van der Waals surface area contributed by atoms with Gasteiger partial charge >= 0.3 is 0 Å². The molecule has 0 aliphatic carbocycles. The van der Waals surface area contributed by atoms with Gasteiger partial charge in [-0.05, 0) is 26.0 Å². The minimum atomic E-state index is -0.0252. The van der Waals surface area contributed by atoms with Gasteiger partial charge in [0.1, 0.15) is 5.75 Å². The normalized spacial score (nSPS) is 12.5. The predicted octanol–water partition coefficient (Wildman–Crippen LogP) is 1.43. The van der Waals surface area contributed by atoms with Crippen LogP contribution in [0.4, 0.5) is 0 Å². The van der Waals surface area contributed by atoms with E-state index in [1.54, 1.807) is 0 Å². The van der Waals surface area contributed by atoms with Crippen molar-refractivity contribution in [3.8, 4) is 5.75 Å². The molecule has 0 aliphatic heterocycles. The Hall–Kier alpha value is -1.06. The maximum absolute atomic E-state index is 5.98. The van der Waals surface area contributed by atoms with Gasteiger partial charge in [-0.3, -0.25) is 0 Å². The second kappa shape index (κ2) is 5.62. The van der Waals surface area contributed by atoms with E-state index in [0.29, 0.717) is 13.2 Å². The Morgan fingerprint density at radius 3 is 2.71 bits per heavy atom. The highest BCUT2D eigenvalue weighted by Crippen LogP contribution is 2.24. The van der Waals surface area contributed by atoms with E-state index in [1.165, 1.54) is 0 Å². The molecule has 0 bridgehead atoms. The van der Waals surface area contributed by atoms with Crippen molar-refractivity contribution in [2.45, 2.75) is 19.4 Å². The van der Waals surface area contributed by atoms with Gasteiger partial charge in [-0.15, -0.1) is 0 Å². The quantitative estimate of drug-likeness (QED) is 0.745. The van der Waals surface area contributed by atoms with E-state index in [0.717, 1.165) is 17.7 Å². The van der Waals surface area contributed by atoms with Crippen LogP contribution in [0.15, 0.2) is 24.3 Å². The summed E-state index contributed by atoms with van der Waals surface area (Å²) < 4.78 is 5.48. The lowest BCUT2D eigenvalue weighted by Gasteiger charge is -2.15. The third-order valence-electron chi connectivity index (χ3n) is 2.10. The minimum Gasteiger partial charge on any atom is -0.494 e. The van der Waals surface area contributed by atoms with Crippen molar-refractivity contribution in [2.24, 2.45) is 11.5 Å². The van der Waals surface area contributed by atoms with Crippen molar-refractivity contribution >= 4 is 0 Å². The molecule has 78 valence electrons. The molecule has 0 saturated heterocycles.